The Morgan fingerprint density at radius 2 is 1.65 bits per heavy atom. The number of amides is 1. The summed E-state index contributed by atoms with van der Waals surface area (Å²) in [7, 11) is 0. The van der Waals surface area contributed by atoms with E-state index in [2.05, 4.69) is 40.0 Å². The van der Waals surface area contributed by atoms with Gasteiger partial charge in [0, 0.05) is 43.4 Å². The first-order valence-corrected chi connectivity index (χ1v) is 9.43. The van der Waals surface area contributed by atoms with Crippen LogP contribution < -0.4 is 15.8 Å². The van der Waals surface area contributed by atoms with Gasteiger partial charge in [-0.2, -0.15) is 0 Å². The van der Waals surface area contributed by atoms with Crippen LogP contribution in [-0.4, -0.2) is 43.5 Å². The molecule has 0 spiro atoms. The summed E-state index contributed by atoms with van der Waals surface area (Å²) in [6.45, 7) is 3.91. The molecular weight excluding hydrogens is 348 g/mol. The van der Waals surface area contributed by atoms with E-state index in [1.165, 1.54) is 5.69 Å². The van der Waals surface area contributed by atoms with Crippen LogP contribution in [0.3, 0.4) is 0 Å². The molecular formula is C20H23ClN4O. The van der Waals surface area contributed by atoms with Crippen LogP contribution in [0.4, 0.5) is 5.69 Å². The summed E-state index contributed by atoms with van der Waals surface area (Å²) in [4.78, 5) is 17.4. The predicted octanol–water partition coefficient (Wildman–Crippen LogP) is 2.45. The summed E-state index contributed by atoms with van der Waals surface area (Å²) in [5, 5.41) is 0.708. The lowest BCUT2D eigenvalue weighted by molar-refractivity contribution is -0.135. The third-order valence-corrected chi connectivity index (χ3v) is 5.49. The van der Waals surface area contributed by atoms with Crippen LogP contribution in [-0.2, 0) is 4.79 Å². The van der Waals surface area contributed by atoms with Crippen LogP contribution in [0.1, 0.15) is 11.6 Å². The molecule has 4 rings (SSSR count). The van der Waals surface area contributed by atoms with E-state index >= 15 is 0 Å². The largest absolute Gasteiger partial charge is 0.368 e. The summed E-state index contributed by atoms with van der Waals surface area (Å²) in [6.07, 6.45) is 0. The second-order valence-electron chi connectivity index (χ2n) is 6.81. The lowest BCUT2D eigenvalue weighted by Gasteiger charge is -2.37. The fraction of sp³-hybridized carbons (Fsp3) is 0.350. The molecule has 0 bridgehead atoms. The van der Waals surface area contributed by atoms with Crippen molar-refractivity contribution in [2.45, 2.75) is 6.04 Å². The first kappa shape index (κ1) is 17.3. The van der Waals surface area contributed by atoms with Crippen molar-refractivity contribution in [2.75, 3.05) is 37.6 Å². The topological polar surface area (TPSA) is 47.6 Å². The Morgan fingerprint density at radius 1 is 0.962 bits per heavy atom. The quantitative estimate of drug-likeness (QED) is 0.871. The summed E-state index contributed by atoms with van der Waals surface area (Å²) in [5.74, 6) is 0.120. The molecule has 0 aromatic heterocycles. The van der Waals surface area contributed by atoms with Crippen LogP contribution in [0, 0.1) is 5.92 Å². The minimum Gasteiger partial charge on any atom is -0.368 e. The minimum absolute atomic E-state index is 0.0214. The number of piperazine rings is 1. The zero-order chi connectivity index (χ0) is 17.9. The number of nitrogens with one attached hydrogen (secondary N) is 2. The van der Waals surface area contributed by atoms with E-state index in [9.17, 15) is 4.79 Å². The first-order chi connectivity index (χ1) is 12.7. The molecule has 2 aromatic carbocycles. The van der Waals surface area contributed by atoms with Crippen molar-refractivity contribution in [3.05, 3.63) is 65.2 Å². The van der Waals surface area contributed by atoms with Crippen molar-refractivity contribution < 1.29 is 4.79 Å². The number of hydrogen-bond acceptors (Lipinski definition) is 4. The number of benzene rings is 2. The van der Waals surface area contributed by atoms with Crippen LogP contribution in [0.2, 0.25) is 5.02 Å². The Kier molecular flexibility index (Phi) is 5.11. The fourth-order valence-corrected chi connectivity index (χ4v) is 3.90. The van der Waals surface area contributed by atoms with Crippen molar-refractivity contribution in [1.29, 1.82) is 0 Å². The van der Waals surface area contributed by atoms with Crippen LogP contribution >= 0.6 is 11.6 Å². The van der Waals surface area contributed by atoms with Gasteiger partial charge in [-0.05, 0) is 29.8 Å². The zero-order valence-electron chi connectivity index (χ0n) is 14.6. The number of nitrogens with zero attached hydrogens (tertiary/aromatic N) is 2. The van der Waals surface area contributed by atoms with Crippen LogP contribution in [0.5, 0.6) is 0 Å². The number of rotatable bonds is 3. The Bertz CT molecular complexity index is 744. The Hall–Kier alpha value is -2.08. The summed E-state index contributed by atoms with van der Waals surface area (Å²) in [6, 6.07) is 18.1. The number of carbonyl (C=O) groups is 1. The molecule has 0 aliphatic carbocycles. The molecule has 2 saturated heterocycles. The van der Waals surface area contributed by atoms with E-state index in [-0.39, 0.29) is 17.9 Å². The molecule has 26 heavy (non-hydrogen) atoms. The van der Waals surface area contributed by atoms with E-state index in [1.807, 2.05) is 35.2 Å². The maximum atomic E-state index is 13.1. The molecule has 0 radical (unpaired) electrons. The van der Waals surface area contributed by atoms with Gasteiger partial charge in [0.15, 0.2) is 0 Å². The number of anilines is 1. The average molecular weight is 371 g/mol. The monoisotopic (exact) mass is 370 g/mol. The third-order valence-electron chi connectivity index (χ3n) is 5.24. The molecule has 0 saturated carbocycles. The highest BCUT2D eigenvalue weighted by Crippen LogP contribution is 2.28. The molecule has 2 atom stereocenters. The lowest BCUT2D eigenvalue weighted by atomic mass is 9.93. The highest BCUT2D eigenvalue weighted by atomic mass is 35.5. The molecule has 2 fully saturated rings. The van der Waals surface area contributed by atoms with E-state index in [4.69, 9.17) is 11.6 Å². The van der Waals surface area contributed by atoms with Crippen molar-refractivity contribution in [3.8, 4) is 0 Å². The van der Waals surface area contributed by atoms with Gasteiger partial charge in [-0.25, -0.2) is 5.43 Å². The maximum absolute atomic E-state index is 13.1. The summed E-state index contributed by atoms with van der Waals surface area (Å²) in [5.41, 5.74) is 8.70. The standard InChI is InChI=1S/C20H23ClN4O/c21-16-8-6-15(7-9-16)19-18(14-22-23-19)20(26)25-12-10-24(11-13-25)17-4-2-1-3-5-17/h1-9,18-19,22-23H,10-14H2. The first-order valence-electron chi connectivity index (χ1n) is 9.05. The molecule has 136 valence electrons. The Labute approximate surface area is 158 Å². The van der Waals surface area contributed by atoms with Gasteiger partial charge in [0.2, 0.25) is 5.91 Å². The molecule has 6 heteroatoms. The van der Waals surface area contributed by atoms with Gasteiger partial charge in [-0.3, -0.25) is 10.2 Å². The van der Waals surface area contributed by atoms with Crippen LogP contribution in [0.25, 0.3) is 0 Å². The predicted molar refractivity (Wildman–Crippen MR) is 104 cm³/mol. The molecule has 2 unspecified atom stereocenters. The lowest BCUT2D eigenvalue weighted by Crippen LogP contribution is -2.51. The minimum atomic E-state index is -0.0977. The van der Waals surface area contributed by atoms with Crippen molar-refractivity contribution in [3.63, 3.8) is 0 Å². The average Bonchev–Trinajstić information content (AvgIpc) is 3.19. The maximum Gasteiger partial charge on any atom is 0.229 e. The van der Waals surface area contributed by atoms with Gasteiger partial charge >= 0.3 is 0 Å². The van der Waals surface area contributed by atoms with Gasteiger partial charge < -0.3 is 9.80 Å². The molecule has 2 heterocycles. The van der Waals surface area contributed by atoms with E-state index in [1.54, 1.807) is 0 Å². The number of halogens is 1. The molecule has 2 aliphatic heterocycles. The highest BCUT2D eigenvalue weighted by molar-refractivity contribution is 6.30. The van der Waals surface area contributed by atoms with E-state index < -0.39 is 0 Å². The Balaban J connectivity index is 1.40. The molecule has 1 amide bonds. The molecule has 5 nitrogen and oxygen atoms in total. The van der Waals surface area contributed by atoms with E-state index in [0.717, 1.165) is 31.7 Å². The van der Waals surface area contributed by atoms with E-state index in [0.29, 0.717) is 11.6 Å². The van der Waals surface area contributed by atoms with Crippen LogP contribution in [0.15, 0.2) is 54.6 Å². The number of hydrogen-bond donors (Lipinski definition) is 2. The van der Waals surface area contributed by atoms with Gasteiger partial charge in [-0.1, -0.05) is 41.9 Å². The van der Waals surface area contributed by atoms with Crippen molar-refractivity contribution in [1.82, 2.24) is 15.8 Å². The Morgan fingerprint density at radius 3 is 2.35 bits per heavy atom. The number of para-hydroxylation sites is 1. The summed E-state index contributed by atoms with van der Waals surface area (Å²) < 4.78 is 0. The molecule has 2 aromatic rings. The van der Waals surface area contributed by atoms with Gasteiger partial charge in [-0.15, -0.1) is 0 Å². The van der Waals surface area contributed by atoms with Gasteiger partial charge in [0.1, 0.15) is 0 Å². The summed E-state index contributed by atoms with van der Waals surface area (Å²) >= 11 is 5.99. The number of hydrazine groups is 1. The van der Waals surface area contributed by atoms with Crippen molar-refractivity contribution in [2.24, 2.45) is 5.92 Å². The zero-order valence-corrected chi connectivity index (χ0v) is 15.3. The molecule has 2 N–H and O–H groups in total. The fourth-order valence-electron chi connectivity index (χ4n) is 3.77. The highest BCUT2D eigenvalue weighted by Gasteiger charge is 2.37. The van der Waals surface area contributed by atoms with Crippen molar-refractivity contribution >= 4 is 23.2 Å². The molecule has 2 aliphatic rings. The third kappa shape index (κ3) is 3.56. The van der Waals surface area contributed by atoms with Gasteiger partial charge in [0.05, 0.1) is 12.0 Å². The number of carbonyl (C=O) groups excluding carboxylic acids is 1. The second kappa shape index (κ2) is 7.66. The smallest absolute Gasteiger partial charge is 0.229 e. The SMILES string of the molecule is O=C(C1CNNC1c1ccc(Cl)cc1)N1CCN(c2ccccc2)CC1. The van der Waals surface area contributed by atoms with Gasteiger partial charge in [0.25, 0.3) is 0 Å². The second-order valence-corrected chi connectivity index (χ2v) is 7.25. The normalized spacial score (nSPS) is 23.3.